The molecule has 1 atom stereocenters. The zero-order valence-electron chi connectivity index (χ0n) is 8.94. The van der Waals surface area contributed by atoms with Gasteiger partial charge in [-0.15, -0.1) is 0 Å². The van der Waals surface area contributed by atoms with Crippen molar-refractivity contribution < 1.29 is 0 Å². The summed E-state index contributed by atoms with van der Waals surface area (Å²) in [4.78, 5) is 0. The molecule has 0 aliphatic carbocycles. The molecule has 0 aliphatic heterocycles. The Morgan fingerprint density at radius 3 is 2.25 bits per heavy atom. The molecule has 0 saturated heterocycles. The summed E-state index contributed by atoms with van der Waals surface area (Å²) >= 11 is 0. The molecule has 0 nitrogen and oxygen atoms in total. The summed E-state index contributed by atoms with van der Waals surface area (Å²) in [7, 11) is 0. The molecule has 0 heterocycles. The van der Waals surface area contributed by atoms with Gasteiger partial charge in [0.05, 0.1) is 0 Å². The molecule has 1 unspecified atom stereocenters. The molecule has 0 saturated carbocycles. The molecule has 0 N–H and O–H groups in total. The Labute approximate surface area is 78.8 Å². The molecule has 0 amide bonds. The fourth-order valence-electron chi connectivity index (χ4n) is 1.56. The van der Waals surface area contributed by atoms with E-state index in [1.54, 1.807) is 0 Å². The van der Waals surface area contributed by atoms with Crippen LogP contribution in [0.1, 0.15) is 65.2 Å². The summed E-state index contributed by atoms with van der Waals surface area (Å²) in [6.07, 6.45) is 10.9. The lowest BCUT2D eigenvalue weighted by atomic mass is 9.97. The van der Waals surface area contributed by atoms with E-state index in [1.807, 2.05) is 0 Å². The van der Waals surface area contributed by atoms with Gasteiger partial charge in [-0.05, 0) is 5.92 Å². The highest BCUT2D eigenvalue weighted by Gasteiger charge is 2.00. The van der Waals surface area contributed by atoms with Crippen molar-refractivity contribution in [2.45, 2.75) is 65.2 Å². The van der Waals surface area contributed by atoms with E-state index >= 15 is 0 Å². The predicted octanol–water partition coefficient (Wildman–Crippen LogP) is 4.60. The lowest BCUT2D eigenvalue weighted by Crippen LogP contribution is -1.94. The van der Waals surface area contributed by atoms with Crippen molar-refractivity contribution in [2.75, 3.05) is 0 Å². The van der Waals surface area contributed by atoms with Crippen LogP contribution in [0.5, 0.6) is 0 Å². The summed E-state index contributed by atoms with van der Waals surface area (Å²) in [5, 5.41) is 0. The van der Waals surface area contributed by atoms with Gasteiger partial charge in [-0.2, -0.15) is 0 Å². The third-order valence-electron chi connectivity index (χ3n) is 2.50. The maximum absolute atomic E-state index is 3.87. The molecule has 0 aromatic heterocycles. The fraction of sp³-hybridized carbons (Fsp3) is 0.917. The molecule has 12 heavy (non-hydrogen) atoms. The molecule has 0 spiro atoms. The molecule has 0 aliphatic rings. The van der Waals surface area contributed by atoms with Gasteiger partial charge in [0.25, 0.3) is 0 Å². The van der Waals surface area contributed by atoms with Gasteiger partial charge >= 0.3 is 0 Å². The van der Waals surface area contributed by atoms with Crippen LogP contribution < -0.4 is 0 Å². The van der Waals surface area contributed by atoms with Crippen molar-refractivity contribution >= 4 is 0 Å². The van der Waals surface area contributed by atoms with E-state index in [4.69, 9.17) is 0 Å². The zero-order chi connectivity index (χ0) is 9.23. The van der Waals surface area contributed by atoms with Crippen molar-refractivity contribution in [3.8, 4) is 0 Å². The average molecular weight is 169 g/mol. The summed E-state index contributed by atoms with van der Waals surface area (Å²) in [6.45, 7) is 8.51. The van der Waals surface area contributed by atoms with Gasteiger partial charge in [-0.1, -0.05) is 72.1 Å². The summed E-state index contributed by atoms with van der Waals surface area (Å²) < 4.78 is 0. The van der Waals surface area contributed by atoms with E-state index in [9.17, 15) is 0 Å². The van der Waals surface area contributed by atoms with Gasteiger partial charge in [-0.3, -0.25) is 0 Å². The van der Waals surface area contributed by atoms with Gasteiger partial charge < -0.3 is 0 Å². The van der Waals surface area contributed by atoms with Gasteiger partial charge in [-0.25, -0.2) is 0 Å². The highest BCUT2D eigenvalue weighted by atomic mass is 14.1. The Morgan fingerprint density at radius 1 is 1.00 bits per heavy atom. The largest absolute Gasteiger partial charge is 0.0654 e. The third-order valence-corrected chi connectivity index (χ3v) is 2.50. The topological polar surface area (TPSA) is 0 Å². The van der Waals surface area contributed by atoms with Crippen LogP contribution in [0.4, 0.5) is 0 Å². The molecule has 0 rings (SSSR count). The van der Waals surface area contributed by atoms with Crippen molar-refractivity contribution in [1.29, 1.82) is 0 Å². The monoisotopic (exact) mass is 169 g/mol. The lowest BCUT2D eigenvalue weighted by molar-refractivity contribution is 0.448. The SMILES string of the molecule is [CH2]CCCC(C)CCCCCC. The van der Waals surface area contributed by atoms with Crippen LogP contribution in [-0.2, 0) is 0 Å². The maximum Gasteiger partial charge on any atom is -0.0443 e. The van der Waals surface area contributed by atoms with Gasteiger partial charge in [0.1, 0.15) is 0 Å². The van der Waals surface area contributed by atoms with Crippen LogP contribution >= 0.6 is 0 Å². The Kier molecular flexibility index (Phi) is 9.09. The second kappa shape index (κ2) is 9.09. The summed E-state index contributed by atoms with van der Waals surface area (Å²) in [5.74, 6) is 0.934. The molecular weight excluding hydrogens is 144 g/mol. The van der Waals surface area contributed by atoms with Crippen LogP contribution in [0.25, 0.3) is 0 Å². The summed E-state index contributed by atoms with van der Waals surface area (Å²) in [6, 6.07) is 0. The first-order valence-corrected chi connectivity index (χ1v) is 5.60. The second-order valence-electron chi connectivity index (χ2n) is 3.95. The smallest absolute Gasteiger partial charge is 0.0443 e. The first-order chi connectivity index (χ1) is 5.81. The van der Waals surface area contributed by atoms with Crippen molar-refractivity contribution in [3.05, 3.63) is 6.92 Å². The molecule has 73 valence electrons. The molecule has 0 fully saturated rings. The standard InChI is InChI=1S/C12H25/c1-4-6-8-9-11-12(3)10-7-5-2/h12H,2,4-11H2,1,3H3. The number of hydrogen-bond acceptors (Lipinski definition) is 0. The van der Waals surface area contributed by atoms with Crippen LogP contribution in [0.3, 0.4) is 0 Å². The minimum Gasteiger partial charge on any atom is -0.0654 e. The lowest BCUT2D eigenvalue weighted by Gasteiger charge is -2.09. The number of rotatable bonds is 8. The Hall–Kier alpha value is 0. The normalized spacial score (nSPS) is 13.2. The van der Waals surface area contributed by atoms with Crippen molar-refractivity contribution in [2.24, 2.45) is 5.92 Å². The molecule has 0 aromatic carbocycles. The number of unbranched alkanes of at least 4 members (excludes halogenated alkanes) is 4. The zero-order valence-corrected chi connectivity index (χ0v) is 8.94. The maximum atomic E-state index is 3.87. The van der Waals surface area contributed by atoms with Crippen LogP contribution in [0.2, 0.25) is 0 Å². The average Bonchev–Trinajstić information content (AvgIpc) is 2.09. The van der Waals surface area contributed by atoms with Crippen molar-refractivity contribution in [3.63, 3.8) is 0 Å². The van der Waals surface area contributed by atoms with Crippen molar-refractivity contribution in [1.82, 2.24) is 0 Å². The van der Waals surface area contributed by atoms with Gasteiger partial charge in [0.2, 0.25) is 0 Å². The molecule has 0 heteroatoms. The second-order valence-corrected chi connectivity index (χ2v) is 3.95. The first-order valence-electron chi connectivity index (χ1n) is 5.60. The third kappa shape index (κ3) is 8.10. The van der Waals surface area contributed by atoms with E-state index in [2.05, 4.69) is 20.8 Å². The minimum atomic E-state index is 0.934. The Balaban J connectivity index is 3.02. The molecule has 1 radical (unpaired) electrons. The Morgan fingerprint density at radius 2 is 1.67 bits per heavy atom. The highest BCUT2D eigenvalue weighted by molar-refractivity contribution is 4.54. The number of hydrogen-bond donors (Lipinski definition) is 0. The quantitative estimate of drug-likeness (QED) is 0.466. The molecular formula is C12H25. The van der Waals surface area contributed by atoms with E-state index < -0.39 is 0 Å². The Bertz CT molecular complexity index is 76.1. The van der Waals surface area contributed by atoms with E-state index in [0.29, 0.717) is 0 Å². The highest BCUT2D eigenvalue weighted by Crippen LogP contribution is 2.15. The van der Waals surface area contributed by atoms with Crippen LogP contribution in [0, 0.1) is 12.8 Å². The van der Waals surface area contributed by atoms with Crippen LogP contribution in [-0.4, -0.2) is 0 Å². The molecule has 0 bridgehead atoms. The summed E-state index contributed by atoms with van der Waals surface area (Å²) in [5.41, 5.74) is 0. The predicted molar refractivity (Wildman–Crippen MR) is 57.1 cm³/mol. The van der Waals surface area contributed by atoms with E-state index in [-0.39, 0.29) is 0 Å². The minimum absolute atomic E-state index is 0.934. The first kappa shape index (κ1) is 12.0. The van der Waals surface area contributed by atoms with Crippen LogP contribution in [0.15, 0.2) is 0 Å². The van der Waals surface area contributed by atoms with E-state index in [1.165, 1.54) is 44.9 Å². The molecule has 0 aromatic rings. The van der Waals surface area contributed by atoms with Gasteiger partial charge in [0.15, 0.2) is 0 Å². The fourth-order valence-corrected chi connectivity index (χ4v) is 1.56. The van der Waals surface area contributed by atoms with Gasteiger partial charge in [0, 0.05) is 0 Å². The van der Waals surface area contributed by atoms with E-state index in [0.717, 1.165) is 12.3 Å².